The number of anilines is 1. The summed E-state index contributed by atoms with van der Waals surface area (Å²) in [7, 11) is -5.84. The quantitative estimate of drug-likeness (QED) is 0.451. The summed E-state index contributed by atoms with van der Waals surface area (Å²) in [4.78, 5) is 12.1. The monoisotopic (exact) mass is 483 g/mol. The molecule has 1 amide bonds. The van der Waals surface area contributed by atoms with E-state index < -0.39 is 25.9 Å². The van der Waals surface area contributed by atoms with Crippen LogP contribution in [0.2, 0.25) is 0 Å². The van der Waals surface area contributed by atoms with Crippen molar-refractivity contribution in [3.8, 4) is 0 Å². The van der Waals surface area contributed by atoms with Crippen molar-refractivity contribution < 1.29 is 26.0 Å². The molecule has 0 radical (unpaired) electrons. The molecular formula is C21H26FN3O5S2. The van der Waals surface area contributed by atoms with E-state index in [9.17, 15) is 26.0 Å². The molecule has 0 aliphatic rings. The molecule has 0 heterocycles. The van der Waals surface area contributed by atoms with Gasteiger partial charge in [0, 0.05) is 32.2 Å². The molecule has 2 N–H and O–H groups in total. The van der Waals surface area contributed by atoms with E-state index >= 15 is 0 Å². The minimum absolute atomic E-state index is 0.0207. The largest absolute Gasteiger partial charge is 0.326 e. The Labute approximate surface area is 188 Å². The van der Waals surface area contributed by atoms with Crippen LogP contribution >= 0.6 is 0 Å². The van der Waals surface area contributed by atoms with Crippen LogP contribution < -0.4 is 10.0 Å². The van der Waals surface area contributed by atoms with E-state index in [1.165, 1.54) is 25.3 Å². The number of sulfonamides is 2. The van der Waals surface area contributed by atoms with Crippen LogP contribution in [0.25, 0.3) is 0 Å². The zero-order chi connectivity index (χ0) is 23.8. The number of rotatable bonds is 12. The number of benzene rings is 2. The second-order valence-electron chi connectivity index (χ2n) is 7.03. The van der Waals surface area contributed by atoms with E-state index in [1.807, 2.05) is 0 Å². The van der Waals surface area contributed by atoms with Gasteiger partial charge in [-0.15, -0.1) is 6.58 Å². The smallest absolute Gasteiger partial charge is 0.242 e. The molecule has 0 aromatic heterocycles. The molecule has 174 valence electrons. The first-order valence-corrected chi connectivity index (χ1v) is 12.8. The van der Waals surface area contributed by atoms with Crippen molar-refractivity contribution in [2.45, 2.75) is 23.5 Å². The number of halogens is 1. The molecule has 0 saturated carbocycles. The number of hydrogen-bond donors (Lipinski definition) is 2. The van der Waals surface area contributed by atoms with Gasteiger partial charge in [0.1, 0.15) is 5.82 Å². The van der Waals surface area contributed by atoms with Crippen LogP contribution in [-0.4, -0.2) is 47.2 Å². The summed E-state index contributed by atoms with van der Waals surface area (Å²) in [5, 5.41) is 2.69. The molecule has 11 heteroatoms. The van der Waals surface area contributed by atoms with Crippen molar-refractivity contribution in [2.75, 3.05) is 25.5 Å². The molecule has 0 aliphatic carbocycles. The highest BCUT2D eigenvalue weighted by Gasteiger charge is 2.20. The molecular weight excluding hydrogens is 457 g/mol. The van der Waals surface area contributed by atoms with E-state index in [4.69, 9.17) is 0 Å². The van der Waals surface area contributed by atoms with Gasteiger partial charge < -0.3 is 5.32 Å². The van der Waals surface area contributed by atoms with Crippen molar-refractivity contribution in [3.05, 3.63) is 72.6 Å². The van der Waals surface area contributed by atoms with E-state index in [2.05, 4.69) is 16.6 Å². The van der Waals surface area contributed by atoms with Crippen molar-refractivity contribution in [1.82, 2.24) is 9.03 Å². The van der Waals surface area contributed by atoms with E-state index in [0.717, 1.165) is 16.4 Å². The number of hydrogen-bond acceptors (Lipinski definition) is 5. The maximum Gasteiger partial charge on any atom is 0.242 e. The fourth-order valence-corrected chi connectivity index (χ4v) is 5.05. The van der Waals surface area contributed by atoms with Crippen LogP contribution in [-0.2, 0) is 30.6 Å². The molecule has 0 atom stereocenters. The van der Waals surface area contributed by atoms with Crippen LogP contribution in [0.1, 0.15) is 18.4 Å². The first kappa shape index (κ1) is 25.7. The van der Waals surface area contributed by atoms with Gasteiger partial charge in [0.2, 0.25) is 26.0 Å². The third-order valence-corrected chi connectivity index (χ3v) is 7.63. The molecule has 0 unspecified atom stereocenters. The molecule has 2 aromatic rings. The lowest BCUT2D eigenvalue weighted by Gasteiger charge is -2.17. The predicted octanol–water partition coefficient (Wildman–Crippen LogP) is 2.47. The molecule has 2 rings (SSSR count). The van der Waals surface area contributed by atoms with Crippen LogP contribution in [0.4, 0.5) is 10.1 Å². The first-order chi connectivity index (χ1) is 15.0. The molecule has 8 nitrogen and oxygen atoms in total. The van der Waals surface area contributed by atoms with E-state index in [1.54, 1.807) is 24.3 Å². The van der Waals surface area contributed by atoms with Crippen molar-refractivity contribution >= 4 is 31.6 Å². The Balaban J connectivity index is 1.82. The standard InChI is InChI=1S/C21H26FN3O5S2/c1-3-14-23-31(27,28)16-17-6-10-19(11-7-17)24-21(26)5-4-15-25(2)32(29,30)20-12-8-18(22)9-13-20/h3,6-13,23H,1,4-5,14-16H2,2H3,(H,24,26). The summed E-state index contributed by atoms with van der Waals surface area (Å²) in [6, 6.07) is 10.9. The Morgan fingerprint density at radius 1 is 1.06 bits per heavy atom. The molecule has 0 aliphatic heterocycles. The highest BCUT2D eigenvalue weighted by Crippen LogP contribution is 2.16. The Hall–Kier alpha value is -2.60. The highest BCUT2D eigenvalue weighted by atomic mass is 32.2. The van der Waals surface area contributed by atoms with Gasteiger partial charge in [-0.1, -0.05) is 18.2 Å². The SMILES string of the molecule is C=CCNS(=O)(=O)Cc1ccc(NC(=O)CCCN(C)S(=O)(=O)c2ccc(F)cc2)cc1. The highest BCUT2D eigenvalue weighted by molar-refractivity contribution is 7.89. The van der Waals surface area contributed by atoms with Crippen molar-refractivity contribution in [2.24, 2.45) is 0 Å². The zero-order valence-corrected chi connectivity index (χ0v) is 19.3. The molecule has 32 heavy (non-hydrogen) atoms. The minimum atomic E-state index is -3.76. The summed E-state index contributed by atoms with van der Waals surface area (Å²) in [6.45, 7) is 3.72. The average Bonchev–Trinajstić information content (AvgIpc) is 2.73. The molecule has 2 aromatic carbocycles. The zero-order valence-electron chi connectivity index (χ0n) is 17.6. The van der Waals surface area contributed by atoms with Crippen molar-refractivity contribution in [3.63, 3.8) is 0 Å². The summed E-state index contributed by atoms with van der Waals surface area (Å²) < 4.78 is 65.2. The summed E-state index contributed by atoms with van der Waals surface area (Å²) in [6.07, 6.45) is 1.82. The predicted molar refractivity (Wildman–Crippen MR) is 121 cm³/mol. The Bertz CT molecular complexity index is 1130. The normalized spacial score (nSPS) is 12.0. The fraction of sp³-hybridized carbons (Fsp3) is 0.286. The molecule has 0 saturated heterocycles. The lowest BCUT2D eigenvalue weighted by Crippen LogP contribution is -2.28. The fourth-order valence-electron chi connectivity index (χ4n) is 2.73. The average molecular weight is 484 g/mol. The lowest BCUT2D eigenvalue weighted by atomic mass is 10.2. The lowest BCUT2D eigenvalue weighted by molar-refractivity contribution is -0.116. The van der Waals surface area contributed by atoms with Gasteiger partial charge in [0.15, 0.2) is 0 Å². The van der Waals surface area contributed by atoms with Gasteiger partial charge in [0.05, 0.1) is 10.6 Å². The topological polar surface area (TPSA) is 113 Å². The van der Waals surface area contributed by atoms with E-state index in [-0.39, 0.29) is 42.5 Å². The van der Waals surface area contributed by atoms with Gasteiger partial charge >= 0.3 is 0 Å². The number of nitrogens with one attached hydrogen (secondary N) is 2. The number of carbonyl (C=O) groups is 1. The van der Waals surface area contributed by atoms with Gasteiger partial charge in [-0.25, -0.2) is 30.3 Å². The summed E-state index contributed by atoms with van der Waals surface area (Å²) in [5.41, 5.74) is 1.06. The third-order valence-electron chi connectivity index (χ3n) is 4.44. The number of nitrogens with zero attached hydrogens (tertiary/aromatic N) is 1. The summed E-state index contributed by atoms with van der Waals surface area (Å²) >= 11 is 0. The van der Waals surface area contributed by atoms with Crippen LogP contribution in [0.15, 0.2) is 66.1 Å². The van der Waals surface area contributed by atoms with Gasteiger partial charge in [-0.3, -0.25) is 4.79 Å². The third kappa shape index (κ3) is 7.83. The number of amides is 1. The second-order valence-corrected chi connectivity index (χ2v) is 10.9. The van der Waals surface area contributed by atoms with Crippen molar-refractivity contribution in [1.29, 1.82) is 0 Å². The molecule has 0 spiro atoms. The summed E-state index contributed by atoms with van der Waals surface area (Å²) in [5.74, 6) is -1.02. The van der Waals surface area contributed by atoms with Gasteiger partial charge in [-0.2, -0.15) is 0 Å². The van der Waals surface area contributed by atoms with Crippen LogP contribution in [0.3, 0.4) is 0 Å². The molecule has 0 fully saturated rings. The van der Waals surface area contributed by atoms with E-state index in [0.29, 0.717) is 11.3 Å². The van der Waals surface area contributed by atoms with Crippen LogP contribution in [0, 0.1) is 5.82 Å². The maximum absolute atomic E-state index is 13.0. The van der Waals surface area contributed by atoms with Gasteiger partial charge in [0.25, 0.3) is 0 Å². The Morgan fingerprint density at radius 3 is 2.28 bits per heavy atom. The minimum Gasteiger partial charge on any atom is -0.326 e. The van der Waals surface area contributed by atoms with Crippen LogP contribution in [0.5, 0.6) is 0 Å². The molecule has 0 bridgehead atoms. The first-order valence-electron chi connectivity index (χ1n) is 9.72. The second kappa shape index (κ2) is 11.3. The Morgan fingerprint density at radius 2 is 1.69 bits per heavy atom. The van der Waals surface area contributed by atoms with Gasteiger partial charge in [-0.05, 0) is 48.4 Å². The Kier molecular flexibility index (Phi) is 9.08. The maximum atomic E-state index is 13.0. The number of carbonyl (C=O) groups excluding carboxylic acids is 1.